The summed E-state index contributed by atoms with van der Waals surface area (Å²) in [5, 5.41) is 1.14. The Morgan fingerprint density at radius 3 is 2.85 bits per heavy atom. The molecule has 0 bridgehead atoms. The minimum absolute atomic E-state index is 0.735. The quantitative estimate of drug-likeness (QED) is 0.549. The van der Waals surface area contributed by atoms with Crippen LogP contribution in [0.2, 0.25) is 0 Å². The van der Waals surface area contributed by atoms with E-state index in [1.807, 2.05) is 31.2 Å². The van der Waals surface area contributed by atoms with Gasteiger partial charge < -0.3 is 0 Å². The number of hydrogen-bond acceptors (Lipinski definition) is 1. The van der Waals surface area contributed by atoms with E-state index in [9.17, 15) is 0 Å². The van der Waals surface area contributed by atoms with Crippen LogP contribution in [-0.2, 0) is 0 Å². The Morgan fingerprint density at radius 1 is 1.31 bits per heavy atom. The summed E-state index contributed by atoms with van der Waals surface area (Å²) in [7, 11) is 0. The molecule has 0 N–H and O–H groups in total. The van der Waals surface area contributed by atoms with Gasteiger partial charge in [0.05, 0.1) is 5.52 Å². The standard InChI is InChI=1S/C12H9N/c1-3-11-9(2)8-10-6-4-5-7-12(10)13-11/h1,4-8H,2H3. The first-order valence-corrected chi connectivity index (χ1v) is 4.14. The van der Waals surface area contributed by atoms with E-state index in [1.54, 1.807) is 0 Å². The van der Waals surface area contributed by atoms with Crippen molar-refractivity contribution in [3.63, 3.8) is 0 Å². The minimum Gasteiger partial charge on any atom is -0.239 e. The van der Waals surface area contributed by atoms with Crippen molar-refractivity contribution in [1.82, 2.24) is 4.98 Å². The van der Waals surface area contributed by atoms with Crippen LogP contribution in [-0.4, -0.2) is 4.98 Å². The van der Waals surface area contributed by atoms with E-state index in [1.165, 1.54) is 0 Å². The Bertz CT molecular complexity index is 492. The number of benzene rings is 1. The smallest absolute Gasteiger partial charge is 0.116 e. The second-order valence-electron chi connectivity index (χ2n) is 2.99. The van der Waals surface area contributed by atoms with Crippen LogP contribution >= 0.6 is 0 Å². The van der Waals surface area contributed by atoms with Crippen molar-refractivity contribution in [2.45, 2.75) is 6.92 Å². The second-order valence-corrected chi connectivity index (χ2v) is 2.99. The molecule has 62 valence electrons. The molecule has 0 spiro atoms. The Hall–Kier alpha value is -1.81. The SMILES string of the molecule is C#Cc1nc2ccccc2cc1C. The van der Waals surface area contributed by atoms with Crippen LogP contribution in [0.15, 0.2) is 30.3 Å². The summed E-state index contributed by atoms with van der Waals surface area (Å²) in [5.74, 6) is 2.58. The molecule has 0 unspecified atom stereocenters. The molecule has 1 aromatic carbocycles. The van der Waals surface area contributed by atoms with Gasteiger partial charge in [-0.15, -0.1) is 6.42 Å². The van der Waals surface area contributed by atoms with E-state index in [0.717, 1.165) is 22.2 Å². The van der Waals surface area contributed by atoms with Gasteiger partial charge >= 0.3 is 0 Å². The third-order valence-electron chi connectivity index (χ3n) is 2.05. The number of rotatable bonds is 0. The van der Waals surface area contributed by atoms with Gasteiger partial charge in [-0.1, -0.05) is 18.2 Å². The van der Waals surface area contributed by atoms with Gasteiger partial charge in [-0.05, 0) is 30.5 Å². The van der Waals surface area contributed by atoms with E-state index < -0.39 is 0 Å². The first-order valence-electron chi connectivity index (χ1n) is 4.14. The summed E-state index contributed by atoms with van der Waals surface area (Å²) < 4.78 is 0. The lowest BCUT2D eigenvalue weighted by molar-refractivity contribution is 1.29. The normalized spacial score (nSPS) is 9.85. The monoisotopic (exact) mass is 167 g/mol. The molecule has 0 saturated carbocycles. The number of fused-ring (bicyclic) bond motifs is 1. The van der Waals surface area contributed by atoms with Crippen molar-refractivity contribution in [3.8, 4) is 12.3 Å². The predicted molar refractivity (Wildman–Crippen MR) is 54.4 cm³/mol. The highest BCUT2D eigenvalue weighted by molar-refractivity contribution is 5.79. The average molecular weight is 167 g/mol. The molecule has 0 aliphatic rings. The number of terminal acetylenes is 1. The van der Waals surface area contributed by atoms with Crippen LogP contribution in [0.1, 0.15) is 11.3 Å². The Kier molecular flexibility index (Phi) is 1.75. The molecule has 0 aliphatic heterocycles. The van der Waals surface area contributed by atoms with Gasteiger partial charge in [-0.2, -0.15) is 0 Å². The molecule has 13 heavy (non-hydrogen) atoms. The molecule has 0 radical (unpaired) electrons. The average Bonchev–Trinajstić information content (AvgIpc) is 2.17. The van der Waals surface area contributed by atoms with Crippen molar-refractivity contribution in [2.24, 2.45) is 0 Å². The molecule has 2 rings (SSSR count). The first-order chi connectivity index (χ1) is 6.31. The highest BCUT2D eigenvalue weighted by Crippen LogP contribution is 2.14. The van der Waals surface area contributed by atoms with Crippen LogP contribution in [0.25, 0.3) is 10.9 Å². The lowest BCUT2D eigenvalue weighted by atomic mass is 10.1. The van der Waals surface area contributed by atoms with Crippen LogP contribution in [0.4, 0.5) is 0 Å². The third-order valence-corrected chi connectivity index (χ3v) is 2.05. The molecular weight excluding hydrogens is 158 g/mol. The van der Waals surface area contributed by atoms with Crippen LogP contribution in [0.3, 0.4) is 0 Å². The molecular formula is C12H9N. The maximum atomic E-state index is 5.33. The Balaban J connectivity index is 2.83. The van der Waals surface area contributed by atoms with E-state index in [-0.39, 0.29) is 0 Å². The van der Waals surface area contributed by atoms with E-state index >= 15 is 0 Å². The molecule has 0 saturated heterocycles. The zero-order chi connectivity index (χ0) is 9.26. The fourth-order valence-corrected chi connectivity index (χ4v) is 1.37. The summed E-state index contributed by atoms with van der Waals surface area (Å²) in [6, 6.07) is 10.0. The minimum atomic E-state index is 0.735. The Morgan fingerprint density at radius 2 is 2.08 bits per heavy atom. The summed E-state index contributed by atoms with van der Waals surface area (Å²) in [6.07, 6.45) is 5.33. The van der Waals surface area contributed by atoms with Gasteiger partial charge in [0, 0.05) is 5.39 Å². The number of hydrogen-bond donors (Lipinski definition) is 0. The molecule has 1 aromatic heterocycles. The van der Waals surface area contributed by atoms with Crippen LogP contribution < -0.4 is 0 Å². The molecule has 0 atom stereocenters. The molecule has 0 amide bonds. The molecule has 0 aliphatic carbocycles. The van der Waals surface area contributed by atoms with E-state index in [0.29, 0.717) is 0 Å². The highest BCUT2D eigenvalue weighted by Gasteiger charge is 1.98. The van der Waals surface area contributed by atoms with Gasteiger partial charge in [-0.25, -0.2) is 4.98 Å². The van der Waals surface area contributed by atoms with Crippen molar-refractivity contribution >= 4 is 10.9 Å². The number of pyridine rings is 1. The van der Waals surface area contributed by atoms with Crippen LogP contribution in [0.5, 0.6) is 0 Å². The van der Waals surface area contributed by atoms with E-state index in [2.05, 4.69) is 17.0 Å². The van der Waals surface area contributed by atoms with Gasteiger partial charge in [0.25, 0.3) is 0 Å². The first kappa shape index (κ1) is 7.82. The predicted octanol–water partition coefficient (Wildman–Crippen LogP) is 2.52. The number of aryl methyl sites for hydroxylation is 1. The summed E-state index contributed by atoms with van der Waals surface area (Å²) in [4.78, 5) is 4.36. The Labute approximate surface area is 77.4 Å². The van der Waals surface area contributed by atoms with Crippen molar-refractivity contribution < 1.29 is 0 Å². The van der Waals surface area contributed by atoms with Crippen LogP contribution in [0, 0.1) is 19.3 Å². The van der Waals surface area contributed by atoms with E-state index in [4.69, 9.17) is 6.42 Å². The van der Waals surface area contributed by atoms with Gasteiger partial charge in [0.1, 0.15) is 5.69 Å². The third kappa shape index (κ3) is 1.27. The summed E-state index contributed by atoms with van der Waals surface area (Å²) >= 11 is 0. The summed E-state index contributed by atoms with van der Waals surface area (Å²) in [6.45, 7) is 1.98. The number of aromatic nitrogens is 1. The number of para-hydroxylation sites is 1. The van der Waals surface area contributed by atoms with Crippen molar-refractivity contribution in [3.05, 3.63) is 41.6 Å². The summed E-state index contributed by atoms with van der Waals surface area (Å²) in [5.41, 5.74) is 2.75. The lowest BCUT2D eigenvalue weighted by Gasteiger charge is -2.00. The lowest BCUT2D eigenvalue weighted by Crippen LogP contribution is -1.88. The fraction of sp³-hybridized carbons (Fsp3) is 0.0833. The molecule has 2 aromatic rings. The second kappa shape index (κ2) is 2.91. The van der Waals surface area contributed by atoms with Gasteiger partial charge in [0.15, 0.2) is 0 Å². The zero-order valence-electron chi connectivity index (χ0n) is 7.41. The molecule has 1 nitrogen and oxygen atoms in total. The van der Waals surface area contributed by atoms with Gasteiger partial charge in [0.2, 0.25) is 0 Å². The fourth-order valence-electron chi connectivity index (χ4n) is 1.37. The molecule has 1 heteroatoms. The topological polar surface area (TPSA) is 12.9 Å². The zero-order valence-corrected chi connectivity index (χ0v) is 7.41. The maximum Gasteiger partial charge on any atom is 0.116 e. The maximum absolute atomic E-state index is 5.33. The van der Waals surface area contributed by atoms with Crippen molar-refractivity contribution in [2.75, 3.05) is 0 Å². The molecule has 1 heterocycles. The molecule has 0 fully saturated rings. The highest BCUT2D eigenvalue weighted by atomic mass is 14.7. The van der Waals surface area contributed by atoms with Gasteiger partial charge in [-0.3, -0.25) is 0 Å². The number of nitrogens with zero attached hydrogens (tertiary/aromatic N) is 1. The van der Waals surface area contributed by atoms with Crippen molar-refractivity contribution in [1.29, 1.82) is 0 Å². The largest absolute Gasteiger partial charge is 0.239 e.